The highest BCUT2D eigenvalue weighted by Gasteiger charge is 2.23. The van der Waals surface area contributed by atoms with Crippen LogP contribution in [0.4, 0.5) is 5.13 Å². The molecule has 0 aliphatic carbocycles. The Bertz CT molecular complexity index is 569. The Morgan fingerprint density at radius 2 is 2.12 bits per heavy atom. The maximum absolute atomic E-state index is 11.5. The second-order valence-electron chi connectivity index (χ2n) is 6.22. The third-order valence-corrected chi connectivity index (χ3v) is 5.29. The Kier molecular flexibility index (Phi) is 9.47. The topological polar surface area (TPSA) is 72.9 Å². The minimum Gasteiger partial charge on any atom is -0.359 e. The molecule has 1 fully saturated rings. The SMILES string of the molecule is CN=C(NCc1csc(N(C)C)n1)N1CCC(CC(=O)NC)CC1.I. The minimum absolute atomic E-state index is 0. The first-order valence-corrected chi connectivity index (χ1v) is 9.19. The summed E-state index contributed by atoms with van der Waals surface area (Å²) in [6.45, 7) is 2.54. The lowest BCUT2D eigenvalue weighted by Crippen LogP contribution is -2.45. The summed E-state index contributed by atoms with van der Waals surface area (Å²) in [5.41, 5.74) is 1.03. The number of guanidine groups is 1. The smallest absolute Gasteiger partial charge is 0.220 e. The van der Waals surface area contributed by atoms with Crippen LogP contribution in [-0.2, 0) is 11.3 Å². The van der Waals surface area contributed by atoms with Crippen molar-refractivity contribution in [3.8, 4) is 0 Å². The number of aromatic nitrogens is 1. The van der Waals surface area contributed by atoms with Crippen LogP contribution in [0.15, 0.2) is 10.4 Å². The van der Waals surface area contributed by atoms with Gasteiger partial charge >= 0.3 is 0 Å². The number of hydrogen-bond donors (Lipinski definition) is 2. The molecule has 0 spiro atoms. The van der Waals surface area contributed by atoms with Gasteiger partial charge in [0.05, 0.1) is 12.2 Å². The summed E-state index contributed by atoms with van der Waals surface area (Å²) >= 11 is 1.64. The molecule has 9 heteroatoms. The molecule has 1 aliphatic rings. The van der Waals surface area contributed by atoms with E-state index in [0.29, 0.717) is 18.9 Å². The third kappa shape index (κ3) is 6.61. The zero-order valence-corrected chi connectivity index (χ0v) is 18.6. The average Bonchev–Trinajstić information content (AvgIpc) is 3.06. The van der Waals surface area contributed by atoms with E-state index < -0.39 is 0 Å². The van der Waals surface area contributed by atoms with E-state index >= 15 is 0 Å². The Balaban J connectivity index is 0.00000312. The van der Waals surface area contributed by atoms with Crippen molar-refractivity contribution in [2.75, 3.05) is 46.2 Å². The summed E-state index contributed by atoms with van der Waals surface area (Å²) in [7, 11) is 7.50. The molecule has 1 saturated heterocycles. The maximum Gasteiger partial charge on any atom is 0.220 e. The van der Waals surface area contributed by atoms with Crippen molar-refractivity contribution in [1.82, 2.24) is 20.5 Å². The number of anilines is 1. The molecule has 25 heavy (non-hydrogen) atoms. The molecule has 0 bridgehead atoms. The molecule has 2 rings (SSSR count). The first-order chi connectivity index (χ1) is 11.5. The van der Waals surface area contributed by atoms with Crippen LogP contribution in [0.3, 0.4) is 0 Å². The number of carbonyl (C=O) groups excluding carboxylic acids is 1. The number of aliphatic imine (C=N–C) groups is 1. The fraction of sp³-hybridized carbons (Fsp3) is 0.688. The van der Waals surface area contributed by atoms with Crippen molar-refractivity contribution in [2.45, 2.75) is 25.8 Å². The van der Waals surface area contributed by atoms with Gasteiger partial charge in [-0.2, -0.15) is 0 Å². The molecule has 0 unspecified atom stereocenters. The number of nitrogens with one attached hydrogen (secondary N) is 2. The summed E-state index contributed by atoms with van der Waals surface area (Å²) in [5, 5.41) is 9.19. The van der Waals surface area contributed by atoms with Crippen LogP contribution in [0, 0.1) is 5.92 Å². The largest absolute Gasteiger partial charge is 0.359 e. The fourth-order valence-corrected chi connectivity index (χ4v) is 3.56. The lowest BCUT2D eigenvalue weighted by Gasteiger charge is -2.34. The molecule has 0 saturated carbocycles. The van der Waals surface area contributed by atoms with Gasteiger partial charge in [0.2, 0.25) is 5.91 Å². The number of likely N-dealkylation sites (tertiary alicyclic amines) is 1. The van der Waals surface area contributed by atoms with E-state index in [2.05, 4.69) is 30.9 Å². The van der Waals surface area contributed by atoms with Crippen molar-refractivity contribution >= 4 is 52.3 Å². The van der Waals surface area contributed by atoms with Gasteiger partial charge in [0.1, 0.15) is 0 Å². The second kappa shape index (κ2) is 10.8. The number of piperidine rings is 1. The van der Waals surface area contributed by atoms with Gasteiger partial charge in [-0.25, -0.2) is 4.98 Å². The first-order valence-electron chi connectivity index (χ1n) is 8.31. The van der Waals surface area contributed by atoms with E-state index in [1.165, 1.54) is 0 Å². The molecule has 0 aromatic carbocycles. The van der Waals surface area contributed by atoms with Crippen molar-refractivity contribution in [1.29, 1.82) is 0 Å². The normalized spacial score (nSPS) is 15.5. The van der Waals surface area contributed by atoms with E-state index in [4.69, 9.17) is 0 Å². The Labute approximate surface area is 171 Å². The first kappa shape index (κ1) is 21.9. The predicted molar refractivity (Wildman–Crippen MR) is 115 cm³/mol. The molecule has 1 aliphatic heterocycles. The van der Waals surface area contributed by atoms with Crippen LogP contribution >= 0.6 is 35.3 Å². The van der Waals surface area contributed by atoms with Gasteiger partial charge in [-0.15, -0.1) is 35.3 Å². The Hall–Kier alpha value is -1.10. The molecular formula is C16H29IN6OS. The van der Waals surface area contributed by atoms with E-state index in [1.807, 2.05) is 26.0 Å². The highest BCUT2D eigenvalue weighted by Crippen LogP contribution is 2.21. The number of thiazole rings is 1. The Morgan fingerprint density at radius 3 is 2.64 bits per heavy atom. The van der Waals surface area contributed by atoms with E-state index in [1.54, 1.807) is 18.4 Å². The number of carbonyl (C=O) groups is 1. The number of hydrogen-bond acceptors (Lipinski definition) is 5. The second-order valence-corrected chi connectivity index (χ2v) is 7.06. The molecule has 142 valence electrons. The number of nitrogens with zero attached hydrogens (tertiary/aromatic N) is 4. The Morgan fingerprint density at radius 1 is 1.44 bits per heavy atom. The lowest BCUT2D eigenvalue weighted by molar-refractivity contribution is -0.121. The summed E-state index contributed by atoms with van der Waals surface area (Å²) in [4.78, 5) is 24.7. The van der Waals surface area contributed by atoms with Gasteiger partial charge in [0, 0.05) is 53.1 Å². The zero-order chi connectivity index (χ0) is 17.5. The zero-order valence-electron chi connectivity index (χ0n) is 15.4. The molecule has 2 heterocycles. The quantitative estimate of drug-likeness (QED) is 0.382. The molecule has 1 amide bonds. The number of amides is 1. The average molecular weight is 480 g/mol. The van der Waals surface area contributed by atoms with Crippen LogP contribution in [0.1, 0.15) is 25.0 Å². The van der Waals surface area contributed by atoms with Crippen LogP contribution in [0.25, 0.3) is 0 Å². The molecule has 1 aromatic rings. The van der Waals surface area contributed by atoms with Crippen LogP contribution in [0.2, 0.25) is 0 Å². The summed E-state index contributed by atoms with van der Waals surface area (Å²) in [6, 6.07) is 0. The molecule has 0 radical (unpaired) electrons. The van der Waals surface area contributed by atoms with Gasteiger partial charge in [-0.1, -0.05) is 0 Å². The third-order valence-electron chi connectivity index (χ3n) is 4.23. The maximum atomic E-state index is 11.5. The van der Waals surface area contributed by atoms with Crippen molar-refractivity contribution in [3.63, 3.8) is 0 Å². The van der Waals surface area contributed by atoms with E-state index in [0.717, 1.165) is 42.7 Å². The van der Waals surface area contributed by atoms with Crippen LogP contribution < -0.4 is 15.5 Å². The van der Waals surface area contributed by atoms with Crippen molar-refractivity contribution in [2.24, 2.45) is 10.9 Å². The summed E-state index contributed by atoms with van der Waals surface area (Å²) in [5.74, 6) is 1.52. The minimum atomic E-state index is 0. The van der Waals surface area contributed by atoms with Gasteiger partial charge in [-0.3, -0.25) is 9.79 Å². The molecule has 7 nitrogen and oxygen atoms in total. The van der Waals surface area contributed by atoms with Gasteiger partial charge in [0.15, 0.2) is 11.1 Å². The van der Waals surface area contributed by atoms with E-state index in [-0.39, 0.29) is 29.9 Å². The monoisotopic (exact) mass is 480 g/mol. The summed E-state index contributed by atoms with van der Waals surface area (Å²) < 4.78 is 0. The standard InChI is InChI=1S/C16H28N6OS.HI/c1-17-14(23)9-12-5-7-22(8-6-12)15(18-2)19-10-13-11-24-16(20-13)21(3)4;/h11-12H,5-10H2,1-4H3,(H,17,23)(H,18,19);1H. The van der Waals surface area contributed by atoms with Gasteiger partial charge < -0.3 is 20.4 Å². The lowest BCUT2D eigenvalue weighted by atomic mass is 9.93. The number of rotatable bonds is 5. The summed E-state index contributed by atoms with van der Waals surface area (Å²) in [6.07, 6.45) is 2.67. The van der Waals surface area contributed by atoms with Crippen molar-refractivity contribution < 1.29 is 4.79 Å². The van der Waals surface area contributed by atoms with E-state index in [9.17, 15) is 4.79 Å². The predicted octanol–water partition coefficient (Wildman–Crippen LogP) is 1.75. The van der Waals surface area contributed by atoms with Crippen molar-refractivity contribution in [3.05, 3.63) is 11.1 Å². The highest BCUT2D eigenvalue weighted by molar-refractivity contribution is 14.0. The van der Waals surface area contributed by atoms with Gasteiger partial charge in [0.25, 0.3) is 0 Å². The fourth-order valence-electron chi connectivity index (χ4n) is 2.80. The molecule has 2 N–H and O–H groups in total. The van der Waals surface area contributed by atoms with Gasteiger partial charge in [-0.05, 0) is 18.8 Å². The van der Waals surface area contributed by atoms with Crippen LogP contribution in [0.5, 0.6) is 0 Å². The molecular weight excluding hydrogens is 451 g/mol. The molecule has 1 aromatic heterocycles. The van der Waals surface area contributed by atoms with Crippen LogP contribution in [-0.4, -0.2) is 63.0 Å². The molecule has 0 atom stereocenters. The highest BCUT2D eigenvalue weighted by atomic mass is 127. The number of halogens is 1.